The van der Waals surface area contributed by atoms with E-state index in [1.54, 1.807) is 30.0 Å². The number of amides is 2. The monoisotopic (exact) mass is 545 g/mol. The van der Waals surface area contributed by atoms with Crippen LogP contribution in [0.1, 0.15) is 32.4 Å². The van der Waals surface area contributed by atoms with Crippen LogP contribution in [-0.2, 0) is 16.1 Å². The Morgan fingerprint density at radius 1 is 1.10 bits per heavy atom. The number of hydrogen-bond donors (Lipinski definition) is 1. The van der Waals surface area contributed by atoms with Gasteiger partial charge in [0.25, 0.3) is 11.6 Å². The van der Waals surface area contributed by atoms with Gasteiger partial charge < -0.3 is 14.5 Å². The fourth-order valence-corrected chi connectivity index (χ4v) is 5.74. The number of morpholine rings is 1. The van der Waals surface area contributed by atoms with Crippen LogP contribution in [0, 0.1) is 10.1 Å². The summed E-state index contributed by atoms with van der Waals surface area (Å²) < 4.78 is 5.40. The average Bonchev–Trinajstić information content (AvgIpc) is 3.33. The van der Waals surface area contributed by atoms with Gasteiger partial charge in [-0.2, -0.15) is 5.10 Å². The molecule has 200 valence electrons. The van der Waals surface area contributed by atoms with E-state index < -0.39 is 10.8 Å². The molecular formula is C28H27N5O5S. The van der Waals surface area contributed by atoms with E-state index in [1.807, 2.05) is 47.4 Å². The minimum absolute atomic E-state index is 0.0556. The molecule has 2 heterocycles. The molecule has 0 spiro atoms. The largest absolute Gasteiger partial charge is 0.378 e. The van der Waals surface area contributed by atoms with E-state index in [1.165, 1.54) is 18.3 Å². The Bertz CT molecular complexity index is 1380. The summed E-state index contributed by atoms with van der Waals surface area (Å²) in [6.45, 7) is 2.98. The summed E-state index contributed by atoms with van der Waals surface area (Å²) in [6, 6.07) is 21.6. The van der Waals surface area contributed by atoms with Crippen LogP contribution in [0.5, 0.6) is 0 Å². The number of nitro benzene ring substituents is 1. The van der Waals surface area contributed by atoms with Crippen molar-refractivity contribution in [2.45, 2.75) is 11.9 Å². The number of rotatable bonds is 8. The van der Waals surface area contributed by atoms with E-state index >= 15 is 0 Å². The first-order valence-corrected chi connectivity index (χ1v) is 13.5. The van der Waals surface area contributed by atoms with E-state index in [0.717, 1.165) is 16.8 Å². The van der Waals surface area contributed by atoms with Crippen molar-refractivity contribution in [2.75, 3.05) is 37.0 Å². The van der Waals surface area contributed by atoms with E-state index in [-0.39, 0.29) is 17.0 Å². The minimum atomic E-state index is -0.461. The van der Waals surface area contributed by atoms with Crippen molar-refractivity contribution in [1.82, 2.24) is 10.3 Å². The lowest BCUT2D eigenvalue weighted by atomic mass is 10.1. The van der Waals surface area contributed by atoms with E-state index in [2.05, 4.69) is 15.4 Å². The van der Waals surface area contributed by atoms with Gasteiger partial charge in [0, 0.05) is 48.6 Å². The number of non-ortho nitro benzene ring substituents is 1. The number of nitrogens with zero attached hydrogens (tertiary/aromatic N) is 4. The molecular weight excluding hydrogens is 518 g/mol. The molecule has 0 aromatic heterocycles. The molecule has 0 bridgehead atoms. The summed E-state index contributed by atoms with van der Waals surface area (Å²) in [5.41, 5.74) is 6.18. The van der Waals surface area contributed by atoms with Gasteiger partial charge in [-0.05, 0) is 29.3 Å². The number of nitro groups is 1. The Kier molecular flexibility index (Phi) is 8.18. The van der Waals surface area contributed by atoms with Crippen LogP contribution in [0.15, 0.2) is 77.9 Å². The molecule has 2 fully saturated rings. The molecule has 0 unspecified atom stereocenters. The summed E-state index contributed by atoms with van der Waals surface area (Å²) in [4.78, 5) is 40.0. The van der Waals surface area contributed by atoms with Gasteiger partial charge >= 0.3 is 0 Å². The zero-order valence-electron chi connectivity index (χ0n) is 21.1. The summed E-state index contributed by atoms with van der Waals surface area (Å²) in [5, 5.41) is 15.3. The van der Waals surface area contributed by atoms with Crippen LogP contribution in [0.2, 0.25) is 0 Å². The second kappa shape index (κ2) is 12.1. The Hall–Kier alpha value is -4.22. The Morgan fingerprint density at radius 3 is 2.56 bits per heavy atom. The predicted octanol–water partition coefficient (Wildman–Crippen LogP) is 3.97. The molecule has 2 saturated heterocycles. The maximum atomic E-state index is 12.8. The molecule has 0 aliphatic carbocycles. The Balaban J connectivity index is 1.26. The van der Waals surface area contributed by atoms with Crippen LogP contribution in [0.25, 0.3) is 0 Å². The normalized spacial score (nSPS) is 17.5. The number of thioether (sulfide) groups is 1. The number of carbonyl (C=O) groups excluding carboxylic acids is 2. The number of hydrazone groups is 1. The van der Waals surface area contributed by atoms with Crippen molar-refractivity contribution in [3.05, 3.63) is 105 Å². The molecule has 2 aliphatic heterocycles. The van der Waals surface area contributed by atoms with Gasteiger partial charge in [-0.15, -0.1) is 11.8 Å². The first kappa shape index (κ1) is 26.4. The lowest BCUT2D eigenvalue weighted by Crippen LogP contribution is -2.36. The third-order valence-corrected chi connectivity index (χ3v) is 7.82. The minimum Gasteiger partial charge on any atom is -0.378 e. The van der Waals surface area contributed by atoms with Gasteiger partial charge in [0.15, 0.2) is 0 Å². The van der Waals surface area contributed by atoms with Crippen molar-refractivity contribution >= 4 is 41.2 Å². The van der Waals surface area contributed by atoms with Crippen molar-refractivity contribution in [1.29, 1.82) is 0 Å². The molecule has 0 radical (unpaired) electrons. The van der Waals surface area contributed by atoms with Crippen LogP contribution in [0.3, 0.4) is 0 Å². The quantitative estimate of drug-likeness (QED) is 0.259. The first-order valence-electron chi connectivity index (χ1n) is 12.5. The highest BCUT2D eigenvalue weighted by molar-refractivity contribution is 8.00. The maximum Gasteiger partial charge on any atom is 0.271 e. The second-order valence-corrected chi connectivity index (χ2v) is 10.2. The van der Waals surface area contributed by atoms with Gasteiger partial charge in [0.2, 0.25) is 5.91 Å². The Morgan fingerprint density at radius 2 is 1.85 bits per heavy atom. The molecule has 10 nitrogen and oxygen atoms in total. The number of benzene rings is 3. The molecule has 1 atom stereocenters. The molecule has 39 heavy (non-hydrogen) atoms. The number of hydrogen-bond acceptors (Lipinski definition) is 8. The highest BCUT2D eigenvalue weighted by Crippen LogP contribution is 2.39. The summed E-state index contributed by atoms with van der Waals surface area (Å²) >= 11 is 1.57. The molecule has 0 saturated carbocycles. The van der Waals surface area contributed by atoms with Gasteiger partial charge in [0.05, 0.1) is 30.1 Å². The van der Waals surface area contributed by atoms with Crippen molar-refractivity contribution in [2.24, 2.45) is 5.10 Å². The molecule has 5 rings (SSSR count). The van der Waals surface area contributed by atoms with E-state index in [4.69, 9.17) is 4.74 Å². The summed E-state index contributed by atoms with van der Waals surface area (Å²) in [5.74, 6) is 0.0912. The molecule has 3 aromatic carbocycles. The number of ether oxygens (including phenoxy) is 1. The molecule has 1 N–H and O–H groups in total. The second-order valence-electron chi connectivity index (χ2n) is 9.09. The highest BCUT2D eigenvalue weighted by atomic mass is 32.2. The Labute approximate surface area is 229 Å². The lowest BCUT2D eigenvalue weighted by Gasteiger charge is -2.29. The molecule has 11 heteroatoms. The van der Waals surface area contributed by atoms with Gasteiger partial charge in [-0.25, -0.2) is 5.43 Å². The van der Waals surface area contributed by atoms with Gasteiger partial charge in [0.1, 0.15) is 5.37 Å². The van der Waals surface area contributed by atoms with Crippen molar-refractivity contribution < 1.29 is 19.2 Å². The highest BCUT2D eigenvalue weighted by Gasteiger charge is 2.32. The maximum absolute atomic E-state index is 12.8. The first-order chi connectivity index (χ1) is 19.0. The van der Waals surface area contributed by atoms with Crippen LogP contribution >= 0.6 is 11.8 Å². The van der Waals surface area contributed by atoms with Crippen molar-refractivity contribution in [3.63, 3.8) is 0 Å². The smallest absolute Gasteiger partial charge is 0.271 e. The third kappa shape index (κ3) is 6.27. The fraction of sp³-hybridized carbons (Fsp3) is 0.250. The topological polar surface area (TPSA) is 117 Å². The van der Waals surface area contributed by atoms with E-state index in [9.17, 15) is 19.7 Å². The van der Waals surface area contributed by atoms with E-state index in [0.29, 0.717) is 49.7 Å². The molecule has 3 aromatic rings. The molecule has 2 amide bonds. The van der Waals surface area contributed by atoms with Crippen LogP contribution < -0.4 is 10.3 Å². The zero-order valence-corrected chi connectivity index (χ0v) is 21.9. The van der Waals surface area contributed by atoms with Gasteiger partial charge in [-0.3, -0.25) is 19.7 Å². The average molecular weight is 546 g/mol. The number of nitrogens with one attached hydrogen (secondary N) is 1. The summed E-state index contributed by atoms with van der Waals surface area (Å²) in [6.07, 6.45) is 1.42. The lowest BCUT2D eigenvalue weighted by molar-refractivity contribution is -0.384. The third-order valence-electron chi connectivity index (χ3n) is 6.57. The van der Waals surface area contributed by atoms with Crippen LogP contribution in [-0.4, -0.2) is 59.9 Å². The molecule has 2 aliphatic rings. The number of carbonyl (C=O) groups is 2. The van der Waals surface area contributed by atoms with Gasteiger partial charge in [-0.1, -0.05) is 42.5 Å². The van der Waals surface area contributed by atoms with Crippen molar-refractivity contribution in [3.8, 4) is 0 Å². The summed E-state index contributed by atoms with van der Waals surface area (Å²) in [7, 11) is 0. The standard InChI is InChI=1S/C28H27N5O5S/c34-26-19-39-28(32(26)18-20-4-2-1-3-5-20)22-8-6-21(7-9-22)27(35)30-29-17-23-16-24(33(36)37)10-11-25(23)31-12-14-38-15-13-31/h1-11,16-17,28H,12-15,18-19H2,(H,30,35)/b29-17-/t28-/m1/s1. The predicted molar refractivity (Wildman–Crippen MR) is 150 cm³/mol. The fourth-order valence-electron chi connectivity index (χ4n) is 4.56. The zero-order chi connectivity index (χ0) is 27.2. The van der Waals surface area contributed by atoms with Crippen LogP contribution in [0.4, 0.5) is 11.4 Å². The SMILES string of the molecule is O=C(N/N=C\c1cc([N+](=O)[O-])ccc1N1CCOCC1)c1ccc([C@H]2SCC(=O)N2Cc2ccccc2)cc1. The number of anilines is 1.